The van der Waals surface area contributed by atoms with Gasteiger partial charge in [0.05, 0.1) is 19.4 Å². The molecule has 1 amide bonds. The van der Waals surface area contributed by atoms with Crippen LogP contribution in [-0.2, 0) is 16.2 Å². The van der Waals surface area contributed by atoms with Crippen LogP contribution in [0.1, 0.15) is 23.1 Å². The third kappa shape index (κ3) is 4.29. The van der Waals surface area contributed by atoms with E-state index in [1.54, 1.807) is 17.9 Å². The Morgan fingerprint density at radius 1 is 1.21 bits per heavy atom. The second kappa shape index (κ2) is 8.18. The largest absolute Gasteiger partial charge is 0.496 e. The Labute approximate surface area is 168 Å². The molecule has 1 aliphatic rings. The Morgan fingerprint density at radius 2 is 2.00 bits per heavy atom. The number of para-hydroxylation sites is 1. The van der Waals surface area contributed by atoms with Crippen molar-refractivity contribution in [3.63, 3.8) is 0 Å². The first-order valence-corrected chi connectivity index (χ1v) is 9.38. The van der Waals surface area contributed by atoms with Crippen molar-refractivity contribution >= 4 is 17.4 Å². The molecule has 0 radical (unpaired) electrons. The van der Waals surface area contributed by atoms with Gasteiger partial charge in [-0.15, -0.1) is 0 Å². The summed E-state index contributed by atoms with van der Waals surface area (Å²) in [5.41, 5.74) is 3.87. The zero-order valence-corrected chi connectivity index (χ0v) is 16.3. The molecule has 0 aliphatic carbocycles. The van der Waals surface area contributed by atoms with Crippen molar-refractivity contribution in [2.24, 2.45) is 5.16 Å². The van der Waals surface area contributed by atoms with Crippen molar-refractivity contribution in [1.82, 2.24) is 9.78 Å². The smallest absolute Gasteiger partial charge is 0.269 e. The van der Waals surface area contributed by atoms with Gasteiger partial charge < -0.3 is 14.9 Å². The maximum Gasteiger partial charge on any atom is 0.269 e. The standard InChI is InChI=1S/C22H22N4O3/c1-15-7-9-16(10-8-15)14-26-12-11-21(24-26)23-22(27)20-13-18(25-29-20)17-5-3-4-6-19(17)28-2/h3-12,20H,13-14H2,1-2H3,(H,23,24,27). The van der Waals surface area contributed by atoms with E-state index in [2.05, 4.69) is 46.8 Å². The van der Waals surface area contributed by atoms with Gasteiger partial charge in [0, 0.05) is 24.2 Å². The van der Waals surface area contributed by atoms with Gasteiger partial charge in [0.15, 0.2) is 5.82 Å². The first kappa shape index (κ1) is 18.7. The highest BCUT2D eigenvalue weighted by atomic mass is 16.6. The van der Waals surface area contributed by atoms with Gasteiger partial charge in [-0.2, -0.15) is 5.10 Å². The van der Waals surface area contributed by atoms with Gasteiger partial charge in [-0.25, -0.2) is 0 Å². The van der Waals surface area contributed by atoms with Crippen LogP contribution in [0.2, 0.25) is 0 Å². The maximum atomic E-state index is 12.6. The molecule has 0 bridgehead atoms. The van der Waals surface area contributed by atoms with Crippen LogP contribution < -0.4 is 10.1 Å². The molecule has 1 aliphatic heterocycles. The van der Waals surface area contributed by atoms with Gasteiger partial charge in [0.25, 0.3) is 5.91 Å². The van der Waals surface area contributed by atoms with Gasteiger partial charge in [0.1, 0.15) is 5.75 Å². The molecule has 0 saturated carbocycles. The van der Waals surface area contributed by atoms with Crippen molar-refractivity contribution < 1.29 is 14.4 Å². The fourth-order valence-corrected chi connectivity index (χ4v) is 3.16. The molecule has 0 spiro atoms. The van der Waals surface area contributed by atoms with Gasteiger partial charge >= 0.3 is 0 Å². The number of aromatic nitrogens is 2. The number of rotatable bonds is 6. The third-order valence-electron chi connectivity index (χ3n) is 4.74. The molecule has 2 aromatic carbocycles. The van der Waals surface area contributed by atoms with Crippen LogP contribution >= 0.6 is 0 Å². The number of nitrogens with one attached hydrogen (secondary N) is 1. The number of hydrogen-bond acceptors (Lipinski definition) is 5. The van der Waals surface area contributed by atoms with Gasteiger partial charge in [-0.1, -0.05) is 47.1 Å². The van der Waals surface area contributed by atoms with Crippen molar-refractivity contribution in [2.75, 3.05) is 12.4 Å². The SMILES string of the molecule is COc1ccccc1C1=NOC(C(=O)Nc2ccn(Cc3ccc(C)cc3)n2)C1. The lowest BCUT2D eigenvalue weighted by Crippen LogP contribution is -2.28. The fraction of sp³-hybridized carbons (Fsp3) is 0.227. The monoisotopic (exact) mass is 390 g/mol. The molecule has 148 valence electrons. The molecule has 3 aromatic rings. The van der Waals surface area contributed by atoms with Crippen LogP contribution in [0, 0.1) is 6.92 Å². The Balaban J connectivity index is 1.36. The van der Waals surface area contributed by atoms with Crippen LogP contribution in [0.15, 0.2) is 65.9 Å². The predicted octanol–water partition coefficient (Wildman–Crippen LogP) is 3.38. The molecule has 7 heteroatoms. The van der Waals surface area contributed by atoms with Crippen molar-refractivity contribution in [3.05, 3.63) is 77.5 Å². The van der Waals surface area contributed by atoms with E-state index in [0.717, 1.165) is 11.1 Å². The van der Waals surface area contributed by atoms with E-state index in [0.29, 0.717) is 30.2 Å². The minimum absolute atomic E-state index is 0.278. The van der Waals surface area contributed by atoms with Crippen LogP contribution in [0.5, 0.6) is 5.75 Å². The molecule has 1 N–H and O–H groups in total. The van der Waals surface area contributed by atoms with Crippen molar-refractivity contribution in [2.45, 2.75) is 26.0 Å². The number of nitrogens with zero attached hydrogens (tertiary/aromatic N) is 3. The summed E-state index contributed by atoms with van der Waals surface area (Å²) in [7, 11) is 1.60. The van der Waals surface area contributed by atoms with E-state index >= 15 is 0 Å². The summed E-state index contributed by atoms with van der Waals surface area (Å²) in [6, 6.07) is 17.6. The average molecular weight is 390 g/mol. The van der Waals surface area contributed by atoms with E-state index in [4.69, 9.17) is 9.57 Å². The van der Waals surface area contributed by atoms with Gasteiger partial charge in [-0.3, -0.25) is 9.48 Å². The summed E-state index contributed by atoms with van der Waals surface area (Å²) in [5, 5.41) is 11.3. The molecule has 1 unspecified atom stereocenters. The lowest BCUT2D eigenvalue weighted by atomic mass is 10.0. The van der Waals surface area contributed by atoms with E-state index < -0.39 is 6.10 Å². The predicted molar refractivity (Wildman–Crippen MR) is 110 cm³/mol. The zero-order chi connectivity index (χ0) is 20.2. The van der Waals surface area contributed by atoms with E-state index in [1.807, 2.05) is 30.5 Å². The highest BCUT2D eigenvalue weighted by Crippen LogP contribution is 2.25. The lowest BCUT2D eigenvalue weighted by molar-refractivity contribution is -0.125. The van der Waals surface area contributed by atoms with E-state index in [-0.39, 0.29) is 5.91 Å². The summed E-state index contributed by atoms with van der Waals surface area (Å²) in [4.78, 5) is 17.9. The van der Waals surface area contributed by atoms with Crippen LogP contribution in [0.4, 0.5) is 5.82 Å². The minimum atomic E-state index is -0.697. The normalized spacial score (nSPS) is 15.5. The Bertz CT molecular complexity index is 1040. The van der Waals surface area contributed by atoms with Crippen LogP contribution in [-0.4, -0.2) is 34.6 Å². The molecule has 29 heavy (non-hydrogen) atoms. The molecular weight excluding hydrogens is 368 g/mol. The van der Waals surface area contributed by atoms with Crippen molar-refractivity contribution in [1.29, 1.82) is 0 Å². The molecular formula is C22H22N4O3. The first-order chi connectivity index (χ1) is 14.1. The molecule has 7 nitrogen and oxygen atoms in total. The quantitative estimate of drug-likeness (QED) is 0.700. The number of amides is 1. The van der Waals surface area contributed by atoms with Crippen LogP contribution in [0.25, 0.3) is 0 Å². The summed E-state index contributed by atoms with van der Waals surface area (Å²) in [6.45, 7) is 2.69. The minimum Gasteiger partial charge on any atom is -0.496 e. The second-order valence-corrected chi connectivity index (χ2v) is 6.91. The Kier molecular flexibility index (Phi) is 5.29. The molecule has 4 rings (SSSR count). The van der Waals surface area contributed by atoms with E-state index in [1.165, 1.54) is 5.56 Å². The lowest BCUT2D eigenvalue weighted by Gasteiger charge is -2.08. The summed E-state index contributed by atoms with van der Waals surface area (Å²) in [5.74, 6) is 0.904. The van der Waals surface area contributed by atoms with Gasteiger partial charge in [-0.05, 0) is 24.6 Å². The molecule has 1 atom stereocenters. The number of benzene rings is 2. The number of ether oxygens (including phenoxy) is 1. The highest BCUT2D eigenvalue weighted by Gasteiger charge is 2.30. The maximum absolute atomic E-state index is 12.6. The van der Waals surface area contributed by atoms with Crippen LogP contribution in [0.3, 0.4) is 0 Å². The molecule has 2 heterocycles. The Hall–Kier alpha value is -3.61. The number of anilines is 1. The van der Waals surface area contributed by atoms with E-state index in [9.17, 15) is 4.79 Å². The summed E-state index contributed by atoms with van der Waals surface area (Å²) in [6.07, 6.45) is 1.51. The fourth-order valence-electron chi connectivity index (χ4n) is 3.16. The second-order valence-electron chi connectivity index (χ2n) is 6.91. The highest BCUT2D eigenvalue weighted by molar-refractivity contribution is 6.07. The molecule has 0 saturated heterocycles. The summed E-state index contributed by atoms with van der Waals surface area (Å²) >= 11 is 0. The number of aryl methyl sites for hydroxylation is 1. The molecule has 0 fully saturated rings. The average Bonchev–Trinajstić information content (AvgIpc) is 3.39. The summed E-state index contributed by atoms with van der Waals surface area (Å²) < 4.78 is 7.14. The topological polar surface area (TPSA) is 77.7 Å². The number of oxime groups is 1. The number of hydrogen-bond donors (Lipinski definition) is 1. The number of methoxy groups -OCH3 is 1. The zero-order valence-electron chi connectivity index (χ0n) is 16.3. The van der Waals surface area contributed by atoms with Gasteiger partial charge in [0.2, 0.25) is 6.10 Å². The third-order valence-corrected chi connectivity index (χ3v) is 4.74. The first-order valence-electron chi connectivity index (χ1n) is 9.38. The number of carbonyl (C=O) groups excluding carboxylic acids is 1. The Morgan fingerprint density at radius 3 is 2.79 bits per heavy atom. The van der Waals surface area contributed by atoms with Crippen molar-refractivity contribution in [3.8, 4) is 5.75 Å². The number of carbonyl (C=O) groups is 1. The molecule has 1 aromatic heterocycles.